The highest BCUT2D eigenvalue weighted by atomic mass is 32.2. The summed E-state index contributed by atoms with van der Waals surface area (Å²) in [7, 11) is 1.75. The van der Waals surface area contributed by atoms with Crippen LogP contribution in [0, 0.1) is 11.3 Å². The molecular weight excluding hydrogens is 146 g/mol. The summed E-state index contributed by atoms with van der Waals surface area (Å²) in [5, 5.41) is 12.4. The van der Waals surface area contributed by atoms with Crippen LogP contribution in [0.15, 0.2) is 4.99 Å². The van der Waals surface area contributed by atoms with Gasteiger partial charge in [-0.3, -0.25) is 4.99 Å². The molecule has 0 amide bonds. The van der Waals surface area contributed by atoms with Crippen LogP contribution in [0.3, 0.4) is 0 Å². The summed E-state index contributed by atoms with van der Waals surface area (Å²) in [5.74, 6) is 0.972. The van der Waals surface area contributed by atoms with E-state index in [4.69, 9.17) is 5.26 Å². The zero-order chi connectivity index (χ0) is 7.40. The fraction of sp³-hybridized carbons (Fsp3) is 0.667. The van der Waals surface area contributed by atoms with Gasteiger partial charge >= 0.3 is 0 Å². The van der Waals surface area contributed by atoms with E-state index in [-0.39, 0.29) is 0 Å². The number of rotatable bonds is 1. The van der Waals surface area contributed by atoms with Gasteiger partial charge in [0.1, 0.15) is 0 Å². The predicted octanol–water partition coefficient (Wildman–Crippen LogP) is 0.591. The molecule has 3 nitrogen and oxygen atoms in total. The van der Waals surface area contributed by atoms with Gasteiger partial charge in [-0.05, 0) is 0 Å². The standard InChI is InChI=1S/C6H9N3S/c1-8-6-9-5(2-3-7)4-10-6/h5H,2,4H2,1H3,(H,8,9). The molecule has 0 bridgehead atoms. The third-order valence-corrected chi connectivity index (χ3v) is 2.43. The maximum Gasteiger partial charge on any atom is 0.156 e. The first-order valence-corrected chi connectivity index (χ1v) is 4.08. The van der Waals surface area contributed by atoms with Gasteiger partial charge in [0.05, 0.1) is 18.5 Å². The number of nitrogens with zero attached hydrogens (tertiary/aromatic N) is 2. The monoisotopic (exact) mass is 155 g/mol. The predicted molar refractivity (Wildman–Crippen MR) is 43.0 cm³/mol. The van der Waals surface area contributed by atoms with Crippen LogP contribution in [0.5, 0.6) is 0 Å². The van der Waals surface area contributed by atoms with Crippen LogP contribution in [0.2, 0.25) is 0 Å². The first-order chi connectivity index (χ1) is 4.86. The SMILES string of the molecule is C/N=C1/NC(CC#N)CS1. The number of amidine groups is 1. The van der Waals surface area contributed by atoms with Crippen molar-refractivity contribution in [1.82, 2.24) is 5.32 Å². The Morgan fingerprint density at radius 3 is 3.30 bits per heavy atom. The maximum absolute atomic E-state index is 8.35. The van der Waals surface area contributed by atoms with E-state index in [9.17, 15) is 0 Å². The molecule has 0 aromatic carbocycles. The van der Waals surface area contributed by atoms with Crippen molar-refractivity contribution in [2.45, 2.75) is 12.5 Å². The molecule has 0 aromatic heterocycles. The zero-order valence-electron chi connectivity index (χ0n) is 5.79. The second-order valence-electron chi connectivity index (χ2n) is 2.04. The van der Waals surface area contributed by atoms with Crippen molar-refractivity contribution in [2.24, 2.45) is 4.99 Å². The van der Waals surface area contributed by atoms with Crippen LogP contribution < -0.4 is 5.32 Å². The van der Waals surface area contributed by atoms with Crippen molar-refractivity contribution in [3.63, 3.8) is 0 Å². The Labute approximate surface area is 64.5 Å². The molecule has 1 fully saturated rings. The molecule has 1 rings (SSSR count). The lowest BCUT2D eigenvalue weighted by atomic mass is 10.3. The minimum atomic E-state index is 0.314. The van der Waals surface area contributed by atoms with Gasteiger partial charge in [0, 0.05) is 12.8 Å². The van der Waals surface area contributed by atoms with Crippen molar-refractivity contribution in [3.8, 4) is 6.07 Å². The van der Waals surface area contributed by atoms with Gasteiger partial charge in [0.15, 0.2) is 5.17 Å². The molecule has 4 heteroatoms. The van der Waals surface area contributed by atoms with E-state index < -0.39 is 0 Å². The highest BCUT2D eigenvalue weighted by Gasteiger charge is 2.18. The van der Waals surface area contributed by atoms with Crippen LogP contribution in [0.1, 0.15) is 6.42 Å². The Balaban J connectivity index is 2.37. The molecule has 1 unspecified atom stereocenters. The minimum absolute atomic E-state index is 0.314. The average molecular weight is 155 g/mol. The van der Waals surface area contributed by atoms with E-state index in [1.165, 1.54) is 0 Å². The number of nitrogens with one attached hydrogen (secondary N) is 1. The zero-order valence-corrected chi connectivity index (χ0v) is 6.61. The van der Waals surface area contributed by atoms with Gasteiger partial charge < -0.3 is 5.32 Å². The van der Waals surface area contributed by atoms with Gasteiger partial charge in [-0.2, -0.15) is 5.26 Å². The van der Waals surface area contributed by atoms with Crippen LogP contribution in [0.25, 0.3) is 0 Å². The van der Waals surface area contributed by atoms with E-state index in [1.807, 2.05) is 0 Å². The second kappa shape index (κ2) is 3.47. The number of hydrogen-bond donors (Lipinski definition) is 1. The summed E-state index contributed by atoms with van der Waals surface area (Å²) >= 11 is 1.68. The molecule has 0 saturated carbocycles. The van der Waals surface area contributed by atoms with Gasteiger partial charge in [-0.1, -0.05) is 11.8 Å². The summed E-state index contributed by atoms with van der Waals surface area (Å²) < 4.78 is 0. The van der Waals surface area contributed by atoms with Gasteiger partial charge in [-0.15, -0.1) is 0 Å². The lowest BCUT2D eigenvalue weighted by Crippen LogP contribution is -2.25. The Hall–Kier alpha value is -0.690. The fourth-order valence-corrected chi connectivity index (χ4v) is 1.73. The van der Waals surface area contributed by atoms with E-state index >= 15 is 0 Å². The molecule has 54 valence electrons. The second-order valence-corrected chi connectivity index (χ2v) is 3.05. The smallest absolute Gasteiger partial charge is 0.156 e. The van der Waals surface area contributed by atoms with E-state index in [1.54, 1.807) is 18.8 Å². The number of thioether (sulfide) groups is 1. The molecule has 0 radical (unpaired) electrons. The van der Waals surface area contributed by atoms with Crippen molar-refractivity contribution in [2.75, 3.05) is 12.8 Å². The lowest BCUT2D eigenvalue weighted by Gasteiger charge is -2.01. The molecule has 1 aliphatic heterocycles. The summed E-state index contributed by atoms with van der Waals surface area (Å²) in [5.41, 5.74) is 0. The molecule has 0 spiro atoms. The third kappa shape index (κ3) is 1.64. The van der Waals surface area contributed by atoms with Crippen molar-refractivity contribution < 1.29 is 0 Å². The summed E-state index contributed by atoms with van der Waals surface area (Å²) in [6, 6.07) is 2.44. The number of nitriles is 1. The Kier molecular flexibility index (Phi) is 2.57. The molecule has 1 N–H and O–H groups in total. The largest absolute Gasteiger partial charge is 0.360 e. The summed E-state index contributed by atoms with van der Waals surface area (Å²) in [4.78, 5) is 3.98. The molecule has 0 aliphatic carbocycles. The molecule has 1 aliphatic rings. The average Bonchev–Trinajstić information content (AvgIpc) is 2.37. The van der Waals surface area contributed by atoms with Crippen molar-refractivity contribution >= 4 is 16.9 Å². The highest BCUT2D eigenvalue weighted by Crippen LogP contribution is 2.14. The first-order valence-electron chi connectivity index (χ1n) is 3.10. The molecule has 10 heavy (non-hydrogen) atoms. The minimum Gasteiger partial charge on any atom is -0.360 e. The first kappa shape index (κ1) is 7.42. The molecule has 1 saturated heterocycles. The molecule has 0 aromatic rings. The maximum atomic E-state index is 8.35. The highest BCUT2D eigenvalue weighted by molar-refractivity contribution is 8.14. The van der Waals surface area contributed by atoms with Gasteiger partial charge in [0.25, 0.3) is 0 Å². The lowest BCUT2D eigenvalue weighted by molar-refractivity contribution is 0.710. The molecule has 1 atom stereocenters. The van der Waals surface area contributed by atoms with Crippen LogP contribution in [-0.2, 0) is 0 Å². The quantitative estimate of drug-likeness (QED) is 0.603. The van der Waals surface area contributed by atoms with Gasteiger partial charge in [0.2, 0.25) is 0 Å². The third-order valence-electron chi connectivity index (χ3n) is 1.29. The van der Waals surface area contributed by atoms with Crippen LogP contribution in [0.4, 0.5) is 0 Å². The molecular formula is C6H9N3S. The van der Waals surface area contributed by atoms with Crippen molar-refractivity contribution in [3.05, 3.63) is 0 Å². The topological polar surface area (TPSA) is 48.2 Å². The van der Waals surface area contributed by atoms with Crippen LogP contribution >= 0.6 is 11.8 Å². The Bertz CT molecular complexity index is 182. The molecule has 1 heterocycles. The van der Waals surface area contributed by atoms with E-state index in [0.29, 0.717) is 12.5 Å². The van der Waals surface area contributed by atoms with E-state index in [2.05, 4.69) is 16.4 Å². The Morgan fingerprint density at radius 1 is 2.00 bits per heavy atom. The number of hydrogen-bond acceptors (Lipinski definition) is 3. The van der Waals surface area contributed by atoms with E-state index in [0.717, 1.165) is 10.9 Å². The Morgan fingerprint density at radius 2 is 2.80 bits per heavy atom. The van der Waals surface area contributed by atoms with Crippen molar-refractivity contribution in [1.29, 1.82) is 5.26 Å². The fourth-order valence-electron chi connectivity index (χ4n) is 0.787. The summed E-state index contributed by atoms with van der Waals surface area (Å²) in [6.07, 6.45) is 0.575. The normalized spacial score (nSPS) is 28.0. The van der Waals surface area contributed by atoms with Crippen LogP contribution in [-0.4, -0.2) is 24.0 Å². The van der Waals surface area contributed by atoms with Gasteiger partial charge in [-0.25, -0.2) is 0 Å². The number of aliphatic imine (C=N–C) groups is 1. The summed E-state index contributed by atoms with van der Waals surface area (Å²) in [6.45, 7) is 0.